The molecule has 1 aliphatic rings. The summed E-state index contributed by atoms with van der Waals surface area (Å²) in [7, 11) is 0. The summed E-state index contributed by atoms with van der Waals surface area (Å²) in [6.45, 7) is 2.52. The van der Waals surface area contributed by atoms with Crippen molar-refractivity contribution < 1.29 is 14.1 Å². The highest BCUT2D eigenvalue weighted by atomic mass is 32.2. The molecule has 1 saturated carbocycles. The Balaban J connectivity index is 1.46. The van der Waals surface area contributed by atoms with Gasteiger partial charge in [-0.2, -0.15) is 4.98 Å². The number of hydrogen-bond acceptors (Lipinski definition) is 6. The molecule has 2 aromatic rings. The van der Waals surface area contributed by atoms with Crippen LogP contribution in [-0.2, 0) is 10.5 Å². The van der Waals surface area contributed by atoms with E-state index in [4.69, 9.17) is 9.26 Å². The van der Waals surface area contributed by atoms with Crippen LogP contribution in [0.4, 0.5) is 0 Å². The summed E-state index contributed by atoms with van der Waals surface area (Å²) >= 11 is 1.50. The van der Waals surface area contributed by atoms with E-state index in [0.29, 0.717) is 35.9 Å². The lowest BCUT2D eigenvalue weighted by Crippen LogP contribution is -2.36. The summed E-state index contributed by atoms with van der Waals surface area (Å²) in [5, 5.41) is 7.24. The molecule has 0 aliphatic heterocycles. The van der Waals surface area contributed by atoms with Crippen LogP contribution in [0.2, 0.25) is 0 Å². The third-order valence-electron chi connectivity index (χ3n) is 4.82. The first-order chi connectivity index (χ1) is 13.8. The van der Waals surface area contributed by atoms with Gasteiger partial charge in [0, 0.05) is 6.04 Å². The Labute approximate surface area is 170 Å². The normalized spacial score (nSPS) is 15.6. The van der Waals surface area contributed by atoms with Gasteiger partial charge in [0.05, 0.1) is 23.7 Å². The molecule has 28 heavy (non-hydrogen) atoms. The van der Waals surface area contributed by atoms with Crippen molar-refractivity contribution in [1.82, 2.24) is 15.5 Å². The van der Waals surface area contributed by atoms with Gasteiger partial charge in [0.2, 0.25) is 17.6 Å². The van der Waals surface area contributed by atoms with Gasteiger partial charge in [0.1, 0.15) is 5.75 Å². The van der Waals surface area contributed by atoms with Crippen LogP contribution < -0.4 is 10.1 Å². The second-order valence-electron chi connectivity index (χ2n) is 7.04. The van der Waals surface area contributed by atoms with Crippen LogP contribution in [0.15, 0.2) is 28.8 Å². The Hall–Kier alpha value is -2.02. The standard InChI is InChI=1S/C21H29N3O3S/c1-2-26-18-13-9-8-12-17(18)21-23-20(27-24-21)15-28-14-19(25)22-16-10-6-4-3-5-7-11-16/h8-9,12-13,16H,2-7,10-11,14-15H2,1H3,(H,22,25). The second-order valence-corrected chi connectivity index (χ2v) is 8.03. The lowest BCUT2D eigenvalue weighted by molar-refractivity contribution is -0.119. The van der Waals surface area contributed by atoms with E-state index in [1.54, 1.807) is 0 Å². The molecule has 1 aromatic carbocycles. The number of hydrogen-bond donors (Lipinski definition) is 1. The number of rotatable bonds is 8. The molecule has 0 bridgehead atoms. The highest BCUT2D eigenvalue weighted by Gasteiger charge is 2.16. The molecular weight excluding hydrogens is 374 g/mol. The lowest BCUT2D eigenvalue weighted by atomic mass is 9.97. The fraction of sp³-hybridized carbons (Fsp3) is 0.571. The van der Waals surface area contributed by atoms with Gasteiger partial charge in [-0.15, -0.1) is 11.8 Å². The quantitative estimate of drug-likeness (QED) is 0.694. The molecule has 1 aromatic heterocycles. The van der Waals surface area contributed by atoms with Gasteiger partial charge in [0.15, 0.2) is 0 Å². The molecule has 152 valence electrons. The Bertz CT molecular complexity index is 742. The average molecular weight is 404 g/mol. The van der Waals surface area contributed by atoms with Crippen LogP contribution in [-0.4, -0.2) is 34.4 Å². The van der Waals surface area contributed by atoms with Crippen molar-refractivity contribution in [3.05, 3.63) is 30.2 Å². The molecule has 1 fully saturated rings. The van der Waals surface area contributed by atoms with E-state index in [1.807, 2.05) is 31.2 Å². The van der Waals surface area contributed by atoms with Crippen LogP contribution in [0.1, 0.15) is 57.8 Å². The van der Waals surface area contributed by atoms with Crippen LogP contribution in [0.5, 0.6) is 5.75 Å². The fourth-order valence-corrected chi connectivity index (χ4v) is 4.12. The lowest BCUT2D eigenvalue weighted by Gasteiger charge is -2.20. The maximum absolute atomic E-state index is 12.2. The molecule has 1 aliphatic carbocycles. The maximum Gasteiger partial charge on any atom is 0.236 e. The van der Waals surface area contributed by atoms with E-state index in [9.17, 15) is 4.79 Å². The van der Waals surface area contributed by atoms with E-state index in [1.165, 1.54) is 43.9 Å². The van der Waals surface area contributed by atoms with Gasteiger partial charge in [-0.25, -0.2) is 0 Å². The first-order valence-electron chi connectivity index (χ1n) is 10.2. The molecule has 1 heterocycles. The molecule has 1 N–H and O–H groups in total. The van der Waals surface area contributed by atoms with Crippen LogP contribution in [0, 0.1) is 0 Å². The molecule has 0 spiro atoms. The largest absolute Gasteiger partial charge is 0.493 e. The molecule has 1 amide bonds. The van der Waals surface area contributed by atoms with Crippen LogP contribution in [0.25, 0.3) is 11.4 Å². The predicted octanol–water partition coefficient (Wildman–Crippen LogP) is 4.60. The summed E-state index contributed by atoms with van der Waals surface area (Å²) in [5.74, 6) is 2.79. The van der Waals surface area contributed by atoms with E-state index >= 15 is 0 Å². The molecule has 0 atom stereocenters. The fourth-order valence-electron chi connectivity index (χ4n) is 3.46. The van der Waals surface area contributed by atoms with Crippen molar-refractivity contribution in [3.63, 3.8) is 0 Å². The first-order valence-corrected chi connectivity index (χ1v) is 11.3. The number of ether oxygens (including phenoxy) is 1. The minimum absolute atomic E-state index is 0.0944. The zero-order chi connectivity index (χ0) is 19.6. The minimum atomic E-state index is 0.0944. The Morgan fingerprint density at radius 2 is 1.96 bits per heavy atom. The SMILES string of the molecule is CCOc1ccccc1-c1noc(CSCC(=O)NC2CCCCCCC2)n1. The van der Waals surface area contributed by atoms with Gasteiger partial charge in [-0.3, -0.25) is 4.79 Å². The van der Waals surface area contributed by atoms with Gasteiger partial charge >= 0.3 is 0 Å². The number of nitrogens with one attached hydrogen (secondary N) is 1. The Morgan fingerprint density at radius 3 is 2.75 bits per heavy atom. The van der Waals surface area contributed by atoms with E-state index in [0.717, 1.165) is 24.2 Å². The van der Waals surface area contributed by atoms with Crippen molar-refractivity contribution in [2.75, 3.05) is 12.4 Å². The number of thioether (sulfide) groups is 1. The number of carbonyl (C=O) groups excluding carboxylic acids is 1. The van der Waals surface area contributed by atoms with Gasteiger partial charge < -0.3 is 14.6 Å². The van der Waals surface area contributed by atoms with Crippen molar-refractivity contribution in [3.8, 4) is 17.1 Å². The molecule has 0 unspecified atom stereocenters. The van der Waals surface area contributed by atoms with Gasteiger partial charge in [-0.05, 0) is 31.9 Å². The number of nitrogens with zero attached hydrogens (tertiary/aromatic N) is 2. The average Bonchev–Trinajstić information content (AvgIpc) is 3.13. The maximum atomic E-state index is 12.2. The number of carbonyl (C=O) groups is 1. The zero-order valence-electron chi connectivity index (χ0n) is 16.5. The monoisotopic (exact) mass is 403 g/mol. The van der Waals surface area contributed by atoms with Crippen LogP contribution >= 0.6 is 11.8 Å². The third kappa shape index (κ3) is 6.26. The minimum Gasteiger partial charge on any atom is -0.493 e. The van der Waals surface area contributed by atoms with Crippen molar-refractivity contribution in [2.24, 2.45) is 0 Å². The van der Waals surface area contributed by atoms with Gasteiger partial charge in [-0.1, -0.05) is 49.4 Å². The molecule has 7 heteroatoms. The van der Waals surface area contributed by atoms with E-state index < -0.39 is 0 Å². The van der Waals surface area contributed by atoms with E-state index in [2.05, 4.69) is 15.5 Å². The topological polar surface area (TPSA) is 77.2 Å². The first kappa shape index (κ1) is 20.7. The summed E-state index contributed by atoms with van der Waals surface area (Å²) in [6.07, 6.45) is 8.53. The smallest absolute Gasteiger partial charge is 0.236 e. The molecule has 0 saturated heterocycles. The molecular formula is C21H29N3O3S. The van der Waals surface area contributed by atoms with Crippen molar-refractivity contribution >= 4 is 17.7 Å². The number of amides is 1. The summed E-state index contributed by atoms with van der Waals surface area (Å²) in [6, 6.07) is 7.97. The molecule has 0 radical (unpaired) electrons. The predicted molar refractivity (Wildman–Crippen MR) is 111 cm³/mol. The highest BCUT2D eigenvalue weighted by Crippen LogP contribution is 2.28. The van der Waals surface area contributed by atoms with Crippen LogP contribution in [0.3, 0.4) is 0 Å². The number of para-hydroxylation sites is 1. The molecule has 3 rings (SSSR count). The van der Waals surface area contributed by atoms with Crippen molar-refractivity contribution in [2.45, 2.75) is 63.7 Å². The Morgan fingerprint density at radius 1 is 1.21 bits per heavy atom. The second kappa shape index (κ2) is 11.1. The zero-order valence-corrected chi connectivity index (χ0v) is 17.3. The number of benzene rings is 1. The summed E-state index contributed by atoms with van der Waals surface area (Å²) in [5.41, 5.74) is 0.811. The van der Waals surface area contributed by atoms with Gasteiger partial charge in [0.25, 0.3) is 0 Å². The summed E-state index contributed by atoms with van der Waals surface area (Å²) in [4.78, 5) is 16.7. The third-order valence-corrected chi connectivity index (χ3v) is 5.74. The van der Waals surface area contributed by atoms with Crippen molar-refractivity contribution in [1.29, 1.82) is 0 Å². The Kier molecular flexibility index (Phi) is 8.21. The molecule has 6 nitrogen and oxygen atoms in total. The number of aromatic nitrogens is 2. The highest BCUT2D eigenvalue weighted by molar-refractivity contribution is 7.99. The van der Waals surface area contributed by atoms with E-state index in [-0.39, 0.29) is 5.91 Å². The summed E-state index contributed by atoms with van der Waals surface area (Å²) < 4.78 is 11.0.